The average Bonchev–Trinajstić information content (AvgIpc) is 2.64. The van der Waals surface area contributed by atoms with E-state index in [2.05, 4.69) is 10.0 Å². The number of amides is 1. The second-order valence-corrected chi connectivity index (χ2v) is 8.04. The molecule has 0 heterocycles. The largest absolute Gasteiger partial charge is 0.497 e. The van der Waals surface area contributed by atoms with E-state index in [0.29, 0.717) is 17.1 Å². The van der Waals surface area contributed by atoms with Crippen LogP contribution in [0, 0.1) is 5.82 Å². The SMILES string of the molecule is COc1cc(CNC(=O)c2cc(S(=O)(=O)NC(C)C)ccc2F)cc(OC)c1. The summed E-state index contributed by atoms with van der Waals surface area (Å²) in [5, 5.41) is 2.57. The zero-order chi connectivity index (χ0) is 20.9. The zero-order valence-corrected chi connectivity index (χ0v) is 16.9. The van der Waals surface area contributed by atoms with Crippen LogP contribution in [0.15, 0.2) is 41.3 Å². The molecule has 0 atom stereocenters. The van der Waals surface area contributed by atoms with E-state index in [4.69, 9.17) is 9.47 Å². The first kappa shape index (κ1) is 21.6. The van der Waals surface area contributed by atoms with Gasteiger partial charge in [0.1, 0.15) is 17.3 Å². The Morgan fingerprint density at radius 2 is 1.68 bits per heavy atom. The van der Waals surface area contributed by atoms with Crippen LogP contribution in [-0.2, 0) is 16.6 Å². The number of sulfonamides is 1. The number of benzene rings is 2. The van der Waals surface area contributed by atoms with Crippen LogP contribution in [0.3, 0.4) is 0 Å². The van der Waals surface area contributed by atoms with Crippen molar-refractivity contribution in [1.29, 1.82) is 0 Å². The summed E-state index contributed by atoms with van der Waals surface area (Å²) in [6.45, 7) is 3.40. The van der Waals surface area contributed by atoms with Crippen molar-refractivity contribution in [3.8, 4) is 11.5 Å². The molecule has 7 nitrogen and oxygen atoms in total. The highest BCUT2D eigenvalue weighted by molar-refractivity contribution is 7.89. The van der Waals surface area contributed by atoms with Crippen LogP contribution in [-0.4, -0.2) is 34.6 Å². The van der Waals surface area contributed by atoms with Crippen molar-refractivity contribution in [3.63, 3.8) is 0 Å². The third-order valence-electron chi connectivity index (χ3n) is 3.75. The van der Waals surface area contributed by atoms with Crippen molar-refractivity contribution in [1.82, 2.24) is 10.0 Å². The van der Waals surface area contributed by atoms with Crippen molar-refractivity contribution < 1.29 is 27.1 Å². The van der Waals surface area contributed by atoms with Gasteiger partial charge in [-0.05, 0) is 49.7 Å². The van der Waals surface area contributed by atoms with E-state index in [1.807, 2.05) is 0 Å². The molecule has 0 radical (unpaired) electrons. The van der Waals surface area contributed by atoms with Gasteiger partial charge in [0, 0.05) is 18.7 Å². The molecule has 152 valence electrons. The first-order valence-corrected chi connectivity index (χ1v) is 9.96. The van der Waals surface area contributed by atoms with E-state index in [0.717, 1.165) is 18.2 Å². The molecule has 0 spiro atoms. The lowest BCUT2D eigenvalue weighted by Gasteiger charge is -2.12. The Labute approximate surface area is 163 Å². The Kier molecular flexibility index (Phi) is 6.98. The quantitative estimate of drug-likeness (QED) is 0.697. The summed E-state index contributed by atoms with van der Waals surface area (Å²) in [6.07, 6.45) is 0. The molecule has 2 aromatic rings. The Hall–Kier alpha value is -2.65. The fourth-order valence-electron chi connectivity index (χ4n) is 2.47. The van der Waals surface area contributed by atoms with Crippen LogP contribution in [0.2, 0.25) is 0 Å². The molecule has 0 aliphatic carbocycles. The van der Waals surface area contributed by atoms with Gasteiger partial charge in [-0.2, -0.15) is 0 Å². The number of methoxy groups -OCH3 is 2. The molecule has 0 aliphatic heterocycles. The van der Waals surface area contributed by atoms with E-state index in [1.54, 1.807) is 32.0 Å². The van der Waals surface area contributed by atoms with Crippen LogP contribution < -0.4 is 19.5 Å². The van der Waals surface area contributed by atoms with Gasteiger partial charge in [-0.15, -0.1) is 0 Å². The van der Waals surface area contributed by atoms with Gasteiger partial charge in [0.15, 0.2) is 0 Å². The maximum Gasteiger partial charge on any atom is 0.254 e. The molecule has 2 aromatic carbocycles. The first-order chi connectivity index (χ1) is 13.2. The van der Waals surface area contributed by atoms with Crippen LogP contribution in [0.5, 0.6) is 11.5 Å². The normalized spacial score (nSPS) is 11.4. The summed E-state index contributed by atoms with van der Waals surface area (Å²) in [5.74, 6) is -0.463. The van der Waals surface area contributed by atoms with Crippen LogP contribution in [0.1, 0.15) is 29.8 Å². The molecule has 1 amide bonds. The molecule has 28 heavy (non-hydrogen) atoms. The Morgan fingerprint density at radius 1 is 1.07 bits per heavy atom. The molecule has 0 saturated carbocycles. The lowest BCUT2D eigenvalue weighted by Crippen LogP contribution is -2.31. The number of carbonyl (C=O) groups is 1. The summed E-state index contributed by atoms with van der Waals surface area (Å²) in [4.78, 5) is 12.2. The Morgan fingerprint density at radius 3 is 2.21 bits per heavy atom. The van der Waals surface area contributed by atoms with Gasteiger partial charge in [0.25, 0.3) is 5.91 Å². The van der Waals surface area contributed by atoms with Gasteiger partial charge in [-0.1, -0.05) is 0 Å². The van der Waals surface area contributed by atoms with Gasteiger partial charge in [-0.3, -0.25) is 4.79 Å². The van der Waals surface area contributed by atoms with Crippen LogP contribution >= 0.6 is 0 Å². The van der Waals surface area contributed by atoms with E-state index >= 15 is 0 Å². The monoisotopic (exact) mass is 410 g/mol. The third-order valence-corrected chi connectivity index (χ3v) is 5.40. The number of carbonyl (C=O) groups excluding carboxylic acids is 1. The smallest absolute Gasteiger partial charge is 0.254 e. The van der Waals surface area contributed by atoms with Crippen molar-refractivity contribution in [2.45, 2.75) is 31.3 Å². The van der Waals surface area contributed by atoms with E-state index in [9.17, 15) is 17.6 Å². The number of hydrogen-bond donors (Lipinski definition) is 2. The molecule has 0 aliphatic rings. The maximum absolute atomic E-state index is 14.1. The van der Waals surface area contributed by atoms with Gasteiger partial charge in [0.2, 0.25) is 10.0 Å². The lowest BCUT2D eigenvalue weighted by atomic mass is 10.1. The molecule has 0 unspecified atom stereocenters. The van der Waals surface area contributed by atoms with Crippen LogP contribution in [0.25, 0.3) is 0 Å². The molecule has 9 heteroatoms. The minimum atomic E-state index is -3.85. The summed E-state index contributed by atoms with van der Waals surface area (Å²) < 4.78 is 51.4. The summed E-state index contributed by atoms with van der Waals surface area (Å²) in [6, 6.07) is 7.83. The average molecular weight is 410 g/mol. The predicted octanol–water partition coefficient (Wildman–Crippen LogP) is 2.46. The number of ether oxygens (including phenoxy) is 2. The zero-order valence-electron chi connectivity index (χ0n) is 16.1. The molecule has 0 aromatic heterocycles. The minimum absolute atomic E-state index is 0.0764. The van der Waals surface area contributed by atoms with Crippen LogP contribution in [0.4, 0.5) is 4.39 Å². The topological polar surface area (TPSA) is 93.7 Å². The van der Waals surface area contributed by atoms with Crippen molar-refractivity contribution in [2.75, 3.05) is 14.2 Å². The number of nitrogens with one attached hydrogen (secondary N) is 2. The van der Waals surface area contributed by atoms with E-state index in [1.165, 1.54) is 14.2 Å². The Bertz CT molecular complexity index is 939. The van der Waals surface area contributed by atoms with E-state index in [-0.39, 0.29) is 23.0 Å². The molecule has 0 bridgehead atoms. The maximum atomic E-state index is 14.1. The van der Waals surface area contributed by atoms with Crippen molar-refractivity contribution in [3.05, 3.63) is 53.3 Å². The number of rotatable bonds is 8. The third kappa shape index (κ3) is 5.43. The fourth-order valence-corrected chi connectivity index (χ4v) is 3.75. The predicted molar refractivity (Wildman–Crippen MR) is 103 cm³/mol. The molecule has 2 rings (SSSR count). The minimum Gasteiger partial charge on any atom is -0.497 e. The molecule has 2 N–H and O–H groups in total. The highest BCUT2D eigenvalue weighted by Gasteiger charge is 2.20. The van der Waals surface area contributed by atoms with E-state index < -0.39 is 21.7 Å². The standard InChI is InChI=1S/C19H23FN2O5S/c1-12(2)22-28(24,25)16-5-6-18(20)17(10-16)19(23)21-11-13-7-14(26-3)9-15(8-13)27-4/h5-10,12,22H,11H2,1-4H3,(H,21,23). The second-order valence-electron chi connectivity index (χ2n) is 6.32. The summed E-state index contributed by atoms with van der Waals surface area (Å²) in [5.41, 5.74) is 0.316. The summed E-state index contributed by atoms with van der Waals surface area (Å²) in [7, 11) is -0.840. The summed E-state index contributed by atoms with van der Waals surface area (Å²) >= 11 is 0. The molecular weight excluding hydrogens is 387 g/mol. The highest BCUT2D eigenvalue weighted by atomic mass is 32.2. The van der Waals surface area contributed by atoms with Crippen molar-refractivity contribution in [2.24, 2.45) is 0 Å². The Balaban J connectivity index is 2.22. The number of halogens is 1. The molecular formula is C19H23FN2O5S. The first-order valence-electron chi connectivity index (χ1n) is 8.48. The highest BCUT2D eigenvalue weighted by Crippen LogP contribution is 2.22. The molecule has 0 fully saturated rings. The van der Waals surface area contributed by atoms with Gasteiger partial charge < -0.3 is 14.8 Å². The van der Waals surface area contributed by atoms with Crippen molar-refractivity contribution >= 4 is 15.9 Å². The van der Waals surface area contributed by atoms with Gasteiger partial charge in [0.05, 0.1) is 24.7 Å². The fraction of sp³-hybridized carbons (Fsp3) is 0.316. The van der Waals surface area contributed by atoms with Gasteiger partial charge in [-0.25, -0.2) is 17.5 Å². The molecule has 0 saturated heterocycles. The number of hydrogen-bond acceptors (Lipinski definition) is 5. The second kappa shape index (κ2) is 9.03. The lowest BCUT2D eigenvalue weighted by molar-refractivity contribution is 0.0946. The van der Waals surface area contributed by atoms with Gasteiger partial charge >= 0.3 is 0 Å².